The molecule has 2 amide bonds. The highest BCUT2D eigenvalue weighted by molar-refractivity contribution is 5.95. The van der Waals surface area contributed by atoms with E-state index in [1.807, 2.05) is 19.9 Å². The first kappa shape index (κ1) is 17.2. The second-order valence-electron chi connectivity index (χ2n) is 6.47. The fourth-order valence-electron chi connectivity index (χ4n) is 3.21. The molecule has 1 saturated heterocycles. The summed E-state index contributed by atoms with van der Waals surface area (Å²) in [5, 5.41) is 0. The van der Waals surface area contributed by atoms with Crippen LogP contribution in [0.25, 0.3) is 0 Å². The molecule has 0 aliphatic carbocycles. The van der Waals surface area contributed by atoms with Gasteiger partial charge in [-0.1, -0.05) is 12.1 Å². The molecule has 1 aromatic carbocycles. The van der Waals surface area contributed by atoms with Gasteiger partial charge >= 0.3 is 0 Å². The predicted octanol–water partition coefficient (Wildman–Crippen LogP) is 2.30. The van der Waals surface area contributed by atoms with Crippen LogP contribution in [0.5, 0.6) is 0 Å². The van der Waals surface area contributed by atoms with Gasteiger partial charge in [0.1, 0.15) is 5.82 Å². The van der Waals surface area contributed by atoms with Crippen molar-refractivity contribution in [1.82, 2.24) is 14.8 Å². The van der Waals surface area contributed by atoms with E-state index < -0.39 is 0 Å². The molecule has 2 aromatic rings. The van der Waals surface area contributed by atoms with E-state index in [0.29, 0.717) is 37.3 Å². The third-order valence-corrected chi connectivity index (χ3v) is 4.54. The summed E-state index contributed by atoms with van der Waals surface area (Å²) in [6, 6.07) is 7.96. The third kappa shape index (κ3) is 3.90. The van der Waals surface area contributed by atoms with Crippen LogP contribution in [-0.4, -0.2) is 52.8 Å². The first-order chi connectivity index (χ1) is 11.9. The van der Waals surface area contributed by atoms with Gasteiger partial charge in [-0.2, -0.15) is 0 Å². The fraction of sp³-hybridized carbons (Fsp3) is 0.368. The van der Waals surface area contributed by atoms with Crippen LogP contribution in [0.15, 0.2) is 30.3 Å². The van der Waals surface area contributed by atoms with Gasteiger partial charge in [0.25, 0.3) is 5.91 Å². The number of H-pyrrole nitrogens is 1. The Morgan fingerprint density at radius 1 is 1.08 bits per heavy atom. The highest BCUT2D eigenvalue weighted by Crippen LogP contribution is 2.15. The largest absolute Gasteiger partial charge is 0.362 e. The molecule has 0 radical (unpaired) electrons. The van der Waals surface area contributed by atoms with Crippen LogP contribution >= 0.6 is 0 Å². The normalized spacial score (nSPS) is 14.7. The molecular weight excluding hydrogens is 321 g/mol. The van der Waals surface area contributed by atoms with Crippen LogP contribution in [0.3, 0.4) is 0 Å². The lowest BCUT2D eigenvalue weighted by Gasteiger charge is -2.35. The van der Waals surface area contributed by atoms with Gasteiger partial charge in [0.05, 0.1) is 12.0 Å². The number of hydrogen-bond acceptors (Lipinski definition) is 2. The molecule has 1 aliphatic rings. The third-order valence-electron chi connectivity index (χ3n) is 4.54. The van der Waals surface area contributed by atoms with Gasteiger partial charge in [-0.25, -0.2) is 4.39 Å². The number of halogens is 1. The molecule has 25 heavy (non-hydrogen) atoms. The number of amides is 2. The number of aromatic amines is 1. The Labute approximate surface area is 146 Å². The summed E-state index contributed by atoms with van der Waals surface area (Å²) in [5.74, 6) is -0.372. The maximum Gasteiger partial charge on any atom is 0.255 e. The molecule has 132 valence electrons. The Morgan fingerprint density at radius 2 is 1.76 bits per heavy atom. The van der Waals surface area contributed by atoms with Crippen LogP contribution in [0, 0.1) is 19.7 Å². The minimum absolute atomic E-state index is 0.000852. The van der Waals surface area contributed by atoms with Crippen LogP contribution in [-0.2, 0) is 11.2 Å². The number of benzene rings is 1. The molecule has 0 atom stereocenters. The van der Waals surface area contributed by atoms with Gasteiger partial charge in [-0.15, -0.1) is 0 Å². The summed E-state index contributed by atoms with van der Waals surface area (Å²) < 4.78 is 13.2. The van der Waals surface area contributed by atoms with Crippen molar-refractivity contribution in [3.05, 3.63) is 58.7 Å². The number of hydrogen-bond donors (Lipinski definition) is 1. The lowest BCUT2D eigenvalue weighted by Crippen LogP contribution is -2.51. The van der Waals surface area contributed by atoms with E-state index in [2.05, 4.69) is 4.98 Å². The van der Waals surface area contributed by atoms with Gasteiger partial charge in [0.2, 0.25) is 5.91 Å². The smallest absolute Gasteiger partial charge is 0.255 e. The van der Waals surface area contributed by atoms with Crippen LogP contribution < -0.4 is 0 Å². The molecule has 1 aromatic heterocycles. The zero-order valence-corrected chi connectivity index (χ0v) is 14.5. The molecule has 0 saturated carbocycles. The molecule has 0 unspecified atom stereocenters. The number of aromatic nitrogens is 1. The number of nitrogens with one attached hydrogen (secondary N) is 1. The molecule has 6 heteroatoms. The van der Waals surface area contributed by atoms with Crippen LogP contribution in [0.2, 0.25) is 0 Å². The van der Waals surface area contributed by atoms with E-state index in [9.17, 15) is 14.0 Å². The average Bonchev–Trinajstić information content (AvgIpc) is 2.92. The Hall–Kier alpha value is -2.63. The molecule has 5 nitrogen and oxygen atoms in total. The van der Waals surface area contributed by atoms with Crippen molar-refractivity contribution in [2.45, 2.75) is 20.3 Å². The second kappa shape index (κ2) is 7.09. The van der Waals surface area contributed by atoms with Crippen molar-refractivity contribution in [2.75, 3.05) is 26.2 Å². The molecule has 1 N–H and O–H groups in total. The SMILES string of the molecule is Cc1cc(C(=O)N2CCN(C(=O)Cc3cccc(F)c3)CC2)c(C)[nH]1. The standard InChI is InChI=1S/C19H22FN3O2/c1-13-10-17(14(2)21-13)19(25)23-8-6-22(7-9-23)18(24)12-15-4-3-5-16(20)11-15/h3-5,10-11,21H,6-9,12H2,1-2H3. The Morgan fingerprint density at radius 3 is 2.36 bits per heavy atom. The number of carbonyl (C=O) groups is 2. The van der Waals surface area contributed by atoms with Crippen molar-refractivity contribution in [1.29, 1.82) is 0 Å². The van der Waals surface area contributed by atoms with E-state index in [1.165, 1.54) is 12.1 Å². The first-order valence-electron chi connectivity index (χ1n) is 8.42. The predicted molar refractivity (Wildman–Crippen MR) is 92.9 cm³/mol. The quantitative estimate of drug-likeness (QED) is 0.930. The highest BCUT2D eigenvalue weighted by Gasteiger charge is 2.26. The maximum atomic E-state index is 13.2. The van der Waals surface area contributed by atoms with Gasteiger partial charge in [-0.05, 0) is 37.6 Å². The van der Waals surface area contributed by atoms with E-state index in [1.54, 1.807) is 21.9 Å². The average molecular weight is 343 g/mol. The molecule has 1 fully saturated rings. The number of nitrogens with zero attached hydrogens (tertiary/aromatic N) is 2. The van der Waals surface area contributed by atoms with Crippen molar-refractivity contribution in [2.24, 2.45) is 0 Å². The number of carbonyl (C=O) groups excluding carboxylic acids is 2. The minimum atomic E-state index is -0.335. The number of rotatable bonds is 3. The first-order valence-corrected chi connectivity index (χ1v) is 8.42. The summed E-state index contributed by atoms with van der Waals surface area (Å²) in [7, 11) is 0. The molecule has 3 rings (SSSR count). The summed E-state index contributed by atoms with van der Waals surface area (Å²) in [6.07, 6.45) is 0.182. The van der Waals surface area contributed by atoms with Crippen LogP contribution in [0.4, 0.5) is 4.39 Å². The van der Waals surface area contributed by atoms with Gasteiger partial charge in [0.15, 0.2) is 0 Å². The Balaban J connectivity index is 1.57. The van der Waals surface area contributed by atoms with E-state index in [0.717, 1.165) is 11.4 Å². The lowest BCUT2D eigenvalue weighted by molar-refractivity contribution is -0.131. The fourth-order valence-corrected chi connectivity index (χ4v) is 3.21. The van der Waals surface area contributed by atoms with E-state index in [4.69, 9.17) is 0 Å². The molecule has 1 aliphatic heterocycles. The van der Waals surface area contributed by atoms with Gasteiger partial charge < -0.3 is 14.8 Å². The number of aryl methyl sites for hydroxylation is 2. The Bertz CT molecular complexity index is 792. The van der Waals surface area contributed by atoms with E-state index in [-0.39, 0.29) is 24.1 Å². The van der Waals surface area contributed by atoms with Crippen molar-refractivity contribution in [3.8, 4) is 0 Å². The molecule has 2 heterocycles. The zero-order valence-electron chi connectivity index (χ0n) is 14.5. The summed E-state index contributed by atoms with van der Waals surface area (Å²) in [5.41, 5.74) is 3.19. The summed E-state index contributed by atoms with van der Waals surface area (Å²) in [4.78, 5) is 31.6. The molecular formula is C19H22FN3O2. The monoisotopic (exact) mass is 343 g/mol. The van der Waals surface area contributed by atoms with Crippen molar-refractivity contribution in [3.63, 3.8) is 0 Å². The molecule has 0 bridgehead atoms. The molecule has 0 spiro atoms. The summed E-state index contributed by atoms with van der Waals surface area (Å²) in [6.45, 7) is 5.84. The topological polar surface area (TPSA) is 56.4 Å². The van der Waals surface area contributed by atoms with Crippen LogP contribution in [0.1, 0.15) is 27.3 Å². The van der Waals surface area contributed by atoms with Gasteiger partial charge in [0, 0.05) is 37.6 Å². The highest BCUT2D eigenvalue weighted by atomic mass is 19.1. The summed E-state index contributed by atoms with van der Waals surface area (Å²) >= 11 is 0. The van der Waals surface area contributed by atoms with Crippen molar-refractivity contribution < 1.29 is 14.0 Å². The van der Waals surface area contributed by atoms with Crippen molar-refractivity contribution >= 4 is 11.8 Å². The zero-order chi connectivity index (χ0) is 18.0. The lowest BCUT2D eigenvalue weighted by atomic mass is 10.1. The Kier molecular flexibility index (Phi) is 4.88. The second-order valence-corrected chi connectivity index (χ2v) is 6.47. The van der Waals surface area contributed by atoms with E-state index >= 15 is 0 Å². The van der Waals surface area contributed by atoms with Gasteiger partial charge in [-0.3, -0.25) is 9.59 Å². The maximum absolute atomic E-state index is 13.2. The minimum Gasteiger partial charge on any atom is -0.362 e. The number of piperazine rings is 1.